The molecule has 0 bridgehead atoms. The van der Waals surface area contributed by atoms with Crippen molar-refractivity contribution in [3.8, 4) is 0 Å². The second-order valence-corrected chi connectivity index (χ2v) is 4.24. The minimum absolute atomic E-state index is 0. The van der Waals surface area contributed by atoms with E-state index in [1.807, 2.05) is 0 Å². The zero-order valence-electron chi connectivity index (χ0n) is 9.75. The molecule has 0 saturated carbocycles. The van der Waals surface area contributed by atoms with Gasteiger partial charge in [-0.1, -0.05) is 12.1 Å². The van der Waals surface area contributed by atoms with E-state index in [1.165, 1.54) is 0 Å². The molecule has 5 heteroatoms. The van der Waals surface area contributed by atoms with Gasteiger partial charge in [-0.15, -0.1) is 12.4 Å². The molecule has 1 aliphatic heterocycles. The Hall–Kier alpha value is -0.710. The van der Waals surface area contributed by atoms with Gasteiger partial charge in [-0.2, -0.15) is 0 Å². The first-order valence-electron chi connectivity index (χ1n) is 5.56. The lowest BCUT2D eigenvalue weighted by Gasteiger charge is -2.33. The minimum Gasteiger partial charge on any atom is -0.314 e. The van der Waals surface area contributed by atoms with Crippen LogP contribution in [0.15, 0.2) is 18.2 Å². The van der Waals surface area contributed by atoms with E-state index < -0.39 is 11.6 Å². The number of benzene rings is 1. The average molecular weight is 263 g/mol. The van der Waals surface area contributed by atoms with E-state index in [2.05, 4.69) is 17.1 Å². The van der Waals surface area contributed by atoms with Crippen LogP contribution in [-0.4, -0.2) is 30.6 Å². The van der Waals surface area contributed by atoms with E-state index in [0.29, 0.717) is 18.2 Å². The average Bonchev–Trinajstić information content (AvgIpc) is 2.28. The second kappa shape index (κ2) is 6.28. The zero-order chi connectivity index (χ0) is 11.5. The molecule has 96 valence electrons. The molecule has 1 aliphatic rings. The van der Waals surface area contributed by atoms with Gasteiger partial charge >= 0.3 is 0 Å². The molecule has 1 aromatic rings. The summed E-state index contributed by atoms with van der Waals surface area (Å²) in [5, 5.41) is 3.27. The summed E-state index contributed by atoms with van der Waals surface area (Å²) in [5.41, 5.74) is 0.439. The molecule has 0 aliphatic carbocycles. The molecular weight excluding hydrogens is 246 g/mol. The topological polar surface area (TPSA) is 15.3 Å². The van der Waals surface area contributed by atoms with Gasteiger partial charge in [0.05, 0.1) is 0 Å². The lowest BCUT2D eigenvalue weighted by atomic mass is 10.1. The molecule has 0 aromatic heterocycles. The third kappa shape index (κ3) is 3.37. The van der Waals surface area contributed by atoms with Crippen molar-refractivity contribution in [2.75, 3.05) is 19.6 Å². The van der Waals surface area contributed by atoms with Crippen molar-refractivity contribution in [3.05, 3.63) is 35.4 Å². The van der Waals surface area contributed by atoms with Crippen LogP contribution in [0.3, 0.4) is 0 Å². The van der Waals surface area contributed by atoms with Crippen molar-refractivity contribution in [2.45, 2.75) is 19.5 Å². The first kappa shape index (κ1) is 14.4. The highest BCUT2D eigenvalue weighted by atomic mass is 35.5. The number of hydrogen-bond acceptors (Lipinski definition) is 2. The standard InChI is InChI=1S/C12H16F2N2.ClH/c1-9-7-15-5-6-16(9)8-10-3-2-4-11(13)12(10)14;/h2-4,9,15H,5-8H2,1H3;1H/t9-;/m0./s1. The van der Waals surface area contributed by atoms with Gasteiger partial charge in [-0.25, -0.2) is 8.78 Å². The molecule has 0 unspecified atom stereocenters. The van der Waals surface area contributed by atoms with Gasteiger partial charge in [-0.05, 0) is 13.0 Å². The van der Waals surface area contributed by atoms with E-state index in [-0.39, 0.29) is 12.4 Å². The zero-order valence-corrected chi connectivity index (χ0v) is 10.6. The van der Waals surface area contributed by atoms with Crippen LogP contribution in [0.5, 0.6) is 0 Å². The summed E-state index contributed by atoms with van der Waals surface area (Å²) < 4.78 is 26.5. The maximum atomic E-state index is 13.5. The Morgan fingerprint density at radius 1 is 1.41 bits per heavy atom. The summed E-state index contributed by atoms with van der Waals surface area (Å²) in [6, 6.07) is 4.71. The highest BCUT2D eigenvalue weighted by Crippen LogP contribution is 2.15. The quantitative estimate of drug-likeness (QED) is 0.879. The first-order valence-corrected chi connectivity index (χ1v) is 5.56. The fraction of sp³-hybridized carbons (Fsp3) is 0.500. The lowest BCUT2D eigenvalue weighted by molar-refractivity contribution is 0.163. The summed E-state index contributed by atoms with van der Waals surface area (Å²) in [6.45, 7) is 5.24. The third-order valence-electron chi connectivity index (χ3n) is 3.04. The number of nitrogens with zero attached hydrogens (tertiary/aromatic N) is 1. The van der Waals surface area contributed by atoms with Gasteiger partial charge in [0, 0.05) is 37.8 Å². The van der Waals surface area contributed by atoms with Gasteiger partial charge in [0.15, 0.2) is 11.6 Å². The predicted octanol–water partition coefficient (Wildman–Crippen LogP) is 2.18. The fourth-order valence-electron chi connectivity index (χ4n) is 2.01. The molecule has 2 nitrogen and oxygen atoms in total. The van der Waals surface area contributed by atoms with Crippen LogP contribution in [0.1, 0.15) is 12.5 Å². The molecular formula is C12H17ClF2N2. The van der Waals surface area contributed by atoms with Crippen molar-refractivity contribution in [3.63, 3.8) is 0 Å². The SMILES string of the molecule is C[C@H]1CNCCN1Cc1cccc(F)c1F.Cl. The molecule has 0 spiro atoms. The van der Waals surface area contributed by atoms with Crippen LogP contribution in [0.2, 0.25) is 0 Å². The summed E-state index contributed by atoms with van der Waals surface area (Å²) in [6.07, 6.45) is 0. The van der Waals surface area contributed by atoms with Crippen LogP contribution < -0.4 is 5.32 Å². The summed E-state index contributed by atoms with van der Waals surface area (Å²) in [4.78, 5) is 2.16. The molecule has 1 heterocycles. The summed E-state index contributed by atoms with van der Waals surface area (Å²) >= 11 is 0. The number of halogens is 3. The molecule has 1 saturated heterocycles. The van der Waals surface area contributed by atoms with E-state index in [9.17, 15) is 8.78 Å². The Kier molecular flexibility index (Phi) is 5.31. The lowest BCUT2D eigenvalue weighted by Crippen LogP contribution is -2.49. The van der Waals surface area contributed by atoms with Crippen molar-refractivity contribution in [1.82, 2.24) is 10.2 Å². The molecule has 2 rings (SSSR count). The van der Waals surface area contributed by atoms with Gasteiger partial charge in [-0.3, -0.25) is 4.90 Å². The van der Waals surface area contributed by atoms with Crippen LogP contribution in [0.4, 0.5) is 8.78 Å². The van der Waals surface area contributed by atoms with Crippen LogP contribution in [-0.2, 0) is 6.54 Å². The Morgan fingerprint density at radius 3 is 2.88 bits per heavy atom. The predicted molar refractivity (Wildman–Crippen MR) is 66.3 cm³/mol. The van der Waals surface area contributed by atoms with Crippen molar-refractivity contribution in [2.24, 2.45) is 0 Å². The fourth-order valence-corrected chi connectivity index (χ4v) is 2.01. The molecule has 17 heavy (non-hydrogen) atoms. The van der Waals surface area contributed by atoms with Gasteiger partial charge in [0.25, 0.3) is 0 Å². The first-order chi connectivity index (χ1) is 7.68. The summed E-state index contributed by atoms with van der Waals surface area (Å²) in [7, 11) is 0. The second-order valence-electron chi connectivity index (χ2n) is 4.24. The van der Waals surface area contributed by atoms with Crippen LogP contribution in [0.25, 0.3) is 0 Å². The van der Waals surface area contributed by atoms with Gasteiger partial charge < -0.3 is 5.32 Å². The molecule has 1 aromatic carbocycles. The monoisotopic (exact) mass is 262 g/mol. The van der Waals surface area contributed by atoms with E-state index >= 15 is 0 Å². The maximum absolute atomic E-state index is 13.5. The highest BCUT2D eigenvalue weighted by Gasteiger charge is 2.19. The number of rotatable bonds is 2. The minimum atomic E-state index is -0.764. The Balaban J connectivity index is 0.00000144. The van der Waals surface area contributed by atoms with Crippen LogP contribution in [0, 0.1) is 11.6 Å². The third-order valence-corrected chi connectivity index (χ3v) is 3.04. The molecule has 0 radical (unpaired) electrons. The Morgan fingerprint density at radius 2 is 2.18 bits per heavy atom. The van der Waals surface area contributed by atoms with Gasteiger partial charge in [0.1, 0.15) is 0 Å². The molecule has 0 amide bonds. The smallest absolute Gasteiger partial charge is 0.163 e. The largest absolute Gasteiger partial charge is 0.314 e. The number of nitrogens with one attached hydrogen (secondary N) is 1. The van der Waals surface area contributed by atoms with Gasteiger partial charge in [0.2, 0.25) is 0 Å². The number of piperazine rings is 1. The maximum Gasteiger partial charge on any atom is 0.163 e. The molecule has 1 N–H and O–H groups in total. The molecule has 1 atom stereocenters. The Bertz CT molecular complexity index is 374. The van der Waals surface area contributed by atoms with Crippen molar-refractivity contribution >= 4 is 12.4 Å². The highest BCUT2D eigenvalue weighted by molar-refractivity contribution is 5.85. The van der Waals surface area contributed by atoms with Crippen molar-refractivity contribution in [1.29, 1.82) is 0 Å². The molecule has 1 fully saturated rings. The van der Waals surface area contributed by atoms with Crippen LogP contribution >= 0.6 is 12.4 Å². The normalized spacial score (nSPS) is 21.0. The Labute approximate surface area is 106 Å². The van der Waals surface area contributed by atoms with Crippen molar-refractivity contribution < 1.29 is 8.78 Å². The number of hydrogen-bond donors (Lipinski definition) is 1. The van der Waals surface area contributed by atoms with E-state index in [1.54, 1.807) is 12.1 Å². The van der Waals surface area contributed by atoms with E-state index in [0.717, 1.165) is 25.7 Å². The summed E-state index contributed by atoms with van der Waals surface area (Å²) in [5.74, 6) is -1.48. The van der Waals surface area contributed by atoms with E-state index in [4.69, 9.17) is 0 Å².